The molecule has 3 nitrogen and oxygen atoms in total. The number of hydrogen-bond acceptors (Lipinski definition) is 2. The first-order chi connectivity index (χ1) is 10.8. The van der Waals surface area contributed by atoms with Gasteiger partial charge in [0.1, 0.15) is 18.5 Å². The maximum atomic E-state index is 12.7. The zero-order valence-electron chi connectivity index (χ0n) is 12.2. The average molecular weight is 291 g/mol. The van der Waals surface area contributed by atoms with Crippen molar-refractivity contribution < 1.29 is 14.8 Å². The largest absolute Gasteiger partial charge is 0.872 e. The molecule has 0 spiro atoms. The molecular weight excluding hydrogens is 274 g/mol. The van der Waals surface area contributed by atoms with Crippen molar-refractivity contribution in [2.24, 2.45) is 0 Å². The minimum Gasteiger partial charge on any atom is -0.872 e. The second-order valence-corrected chi connectivity index (χ2v) is 5.79. The predicted octanol–water partition coefficient (Wildman–Crippen LogP) is 3.67. The molecule has 1 aliphatic heterocycles. The Hall–Kier alpha value is -2.55. The number of benzene rings is 3. The summed E-state index contributed by atoms with van der Waals surface area (Å²) in [6.45, 7) is 0.930. The molecule has 3 aromatic carbocycles. The second-order valence-electron chi connectivity index (χ2n) is 5.79. The first kappa shape index (κ1) is 13.1. The lowest BCUT2D eigenvalue weighted by molar-refractivity contribution is -0.440. The molecule has 1 N–H and O–H groups in total. The van der Waals surface area contributed by atoms with Crippen LogP contribution in [0.4, 0.5) is 5.69 Å². The summed E-state index contributed by atoms with van der Waals surface area (Å²) in [5, 5.41) is 26.0. The Morgan fingerprint density at radius 1 is 0.909 bits per heavy atom. The van der Waals surface area contributed by atoms with Gasteiger partial charge in [-0.15, -0.1) is 0 Å². The standard InChI is InChI=1S/C19H17NO2/c21-18-13-7-2-3-8-14(13)19(22)17-15(18)9-6-10-16(17)20-11-4-1-5-12-20/h2-3,6-11H,1,4-5,12H2,(H-,21,22). The van der Waals surface area contributed by atoms with Crippen molar-refractivity contribution >= 4 is 33.4 Å². The SMILES string of the molecule is [O-]c1c2ccccc2c(O)c2c([N+]3=CCCCC3)cccc12. The van der Waals surface area contributed by atoms with Crippen LogP contribution in [0.5, 0.6) is 11.5 Å². The van der Waals surface area contributed by atoms with Crippen molar-refractivity contribution in [3.63, 3.8) is 0 Å². The molecule has 0 bridgehead atoms. The summed E-state index contributed by atoms with van der Waals surface area (Å²) in [5.74, 6) is 0.196. The summed E-state index contributed by atoms with van der Waals surface area (Å²) in [6, 6.07) is 12.9. The van der Waals surface area contributed by atoms with Crippen molar-refractivity contribution in [2.45, 2.75) is 19.3 Å². The van der Waals surface area contributed by atoms with E-state index in [1.54, 1.807) is 12.1 Å². The molecule has 0 radical (unpaired) electrons. The van der Waals surface area contributed by atoms with Crippen LogP contribution in [0.15, 0.2) is 42.5 Å². The van der Waals surface area contributed by atoms with Gasteiger partial charge in [-0.05, 0) is 17.2 Å². The van der Waals surface area contributed by atoms with E-state index in [2.05, 4.69) is 10.8 Å². The van der Waals surface area contributed by atoms with Gasteiger partial charge in [0, 0.05) is 24.3 Å². The van der Waals surface area contributed by atoms with E-state index in [0.29, 0.717) is 21.5 Å². The van der Waals surface area contributed by atoms with Gasteiger partial charge >= 0.3 is 0 Å². The minimum absolute atomic E-state index is 0.0118. The molecule has 0 atom stereocenters. The molecule has 110 valence electrons. The van der Waals surface area contributed by atoms with E-state index < -0.39 is 0 Å². The third kappa shape index (κ3) is 1.86. The van der Waals surface area contributed by atoms with Gasteiger partial charge in [0.25, 0.3) is 0 Å². The van der Waals surface area contributed by atoms with Gasteiger partial charge in [-0.25, -0.2) is 4.58 Å². The normalized spacial score (nSPS) is 15.2. The molecule has 22 heavy (non-hydrogen) atoms. The van der Waals surface area contributed by atoms with E-state index in [4.69, 9.17) is 0 Å². The Morgan fingerprint density at radius 2 is 1.68 bits per heavy atom. The Balaban J connectivity index is 2.14. The van der Waals surface area contributed by atoms with Crippen LogP contribution in [0.1, 0.15) is 19.3 Å². The lowest BCUT2D eigenvalue weighted by Gasteiger charge is -2.18. The summed E-state index contributed by atoms with van der Waals surface area (Å²) < 4.78 is 2.17. The quantitative estimate of drug-likeness (QED) is 0.549. The van der Waals surface area contributed by atoms with E-state index in [-0.39, 0.29) is 11.5 Å². The van der Waals surface area contributed by atoms with E-state index in [1.807, 2.05) is 30.3 Å². The number of hydrogen-bond donors (Lipinski definition) is 1. The molecule has 3 heteroatoms. The molecule has 0 amide bonds. The fourth-order valence-electron chi connectivity index (χ4n) is 3.37. The van der Waals surface area contributed by atoms with Gasteiger partial charge < -0.3 is 10.2 Å². The molecule has 4 rings (SSSR count). The van der Waals surface area contributed by atoms with Crippen LogP contribution in [0, 0.1) is 0 Å². The van der Waals surface area contributed by atoms with Crippen LogP contribution in [0.2, 0.25) is 0 Å². The van der Waals surface area contributed by atoms with E-state index in [0.717, 1.165) is 25.1 Å². The average Bonchev–Trinajstić information content (AvgIpc) is 2.60. The monoisotopic (exact) mass is 291 g/mol. The van der Waals surface area contributed by atoms with Crippen molar-refractivity contribution in [3.05, 3.63) is 42.5 Å². The van der Waals surface area contributed by atoms with Crippen LogP contribution in [0.3, 0.4) is 0 Å². The lowest BCUT2D eigenvalue weighted by Crippen LogP contribution is -2.14. The Morgan fingerprint density at radius 3 is 2.45 bits per heavy atom. The number of rotatable bonds is 1. The highest BCUT2D eigenvalue weighted by Gasteiger charge is 2.20. The van der Waals surface area contributed by atoms with Crippen molar-refractivity contribution in [3.8, 4) is 11.5 Å². The van der Waals surface area contributed by atoms with Crippen LogP contribution in [0.25, 0.3) is 21.5 Å². The lowest BCUT2D eigenvalue weighted by atomic mass is 9.99. The Bertz CT molecular complexity index is 912. The smallest absolute Gasteiger partial charge is 0.216 e. The highest BCUT2D eigenvalue weighted by Crippen LogP contribution is 2.43. The molecule has 1 aliphatic rings. The zero-order chi connectivity index (χ0) is 15.1. The third-order valence-corrected chi connectivity index (χ3v) is 4.46. The van der Waals surface area contributed by atoms with Crippen LogP contribution in [-0.2, 0) is 0 Å². The van der Waals surface area contributed by atoms with Crippen molar-refractivity contribution in [2.75, 3.05) is 6.54 Å². The first-order valence-corrected chi connectivity index (χ1v) is 7.71. The maximum Gasteiger partial charge on any atom is 0.216 e. The summed E-state index contributed by atoms with van der Waals surface area (Å²) in [4.78, 5) is 0. The van der Waals surface area contributed by atoms with Gasteiger partial charge in [-0.3, -0.25) is 0 Å². The van der Waals surface area contributed by atoms with Gasteiger partial charge in [-0.2, -0.15) is 0 Å². The first-order valence-electron chi connectivity index (χ1n) is 7.71. The van der Waals surface area contributed by atoms with Crippen molar-refractivity contribution in [1.29, 1.82) is 0 Å². The number of phenols is 1. The van der Waals surface area contributed by atoms with Gasteiger partial charge in [-0.1, -0.05) is 42.1 Å². The van der Waals surface area contributed by atoms with Gasteiger partial charge in [0.2, 0.25) is 5.69 Å². The van der Waals surface area contributed by atoms with Crippen LogP contribution >= 0.6 is 0 Å². The molecule has 0 fully saturated rings. The summed E-state index contributed by atoms with van der Waals surface area (Å²) >= 11 is 0. The van der Waals surface area contributed by atoms with E-state index >= 15 is 0 Å². The zero-order valence-corrected chi connectivity index (χ0v) is 12.2. The molecule has 0 aromatic heterocycles. The van der Waals surface area contributed by atoms with Crippen molar-refractivity contribution in [1.82, 2.24) is 0 Å². The Kier molecular flexibility index (Phi) is 3.00. The van der Waals surface area contributed by atoms with Crippen LogP contribution in [-0.4, -0.2) is 22.4 Å². The minimum atomic E-state index is -0.0118. The van der Waals surface area contributed by atoms with Gasteiger partial charge in [0.15, 0.2) is 0 Å². The summed E-state index contributed by atoms with van der Waals surface area (Å²) in [5.41, 5.74) is 0.928. The number of nitrogens with zero attached hydrogens (tertiary/aromatic N) is 1. The van der Waals surface area contributed by atoms with E-state index in [9.17, 15) is 10.2 Å². The molecular formula is C19H17NO2. The van der Waals surface area contributed by atoms with Crippen LogP contribution < -0.4 is 5.11 Å². The predicted molar refractivity (Wildman–Crippen MR) is 87.3 cm³/mol. The summed E-state index contributed by atoms with van der Waals surface area (Å²) in [7, 11) is 0. The fourth-order valence-corrected chi connectivity index (χ4v) is 3.37. The molecule has 3 aromatic rings. The summed E-state index contributed by atoms with van der Waals surface area (Å²) in [6.07, 6.45) is 5.53. The highest BCUT2D eigenvalue weighted by molar-refractivity contribution is 6.13. The van der Waals surface area contributed by atoms with E-state index in [1.165, 1.54) is 6.42 Å². The maximum absolute atomic E-state index is 12.7. The number of phenolic OH excluding ortho intramolecular Hbond substituents is 1. The fraction of sp³-hybridized carbons (Fsp3) is 0.211. The molecule has 0 saturated heterocycles. The number of aromatic hydroxyl groups is 1. The second kappa shape index (κ2) is 5.02. The molecule has 0 saturated carbocycles. The number of fused-ring (bicyclic) bond motifs is 2. The molecule has 0 unspecified atom stereocenters. The highest BCUT2D eigenvalue weighted by atomic mass is 16.3. The molecule has 1 heterocycles. The van der Waals surface area contributed by atoms with Gasteiger partial charge in [0.05, 0.1) is 5.39 Å². The molecule has 0 aliphatic carbocycles. The topological polar surface area (TPSA) is 46.3 Å². The third-order valence-electron chi connectivity index (χ3n) is 4.46. The Labute approximate surface area is 128 Å².